The largest absolute Gasteiger partial charge is 0.508 e. The van der Waals surface area contributed by atoms with Crippen molar-refractivity contribution in [2.24, 2.45) is 0 Å². The van der Waals surface area contributed by atoms with Crippen molar-refractivity contribution in [1.29, 1.82) is 0 Å². The summed E-state index contributed by atoms with van der Waals surface area (Å²) in [5.74, 6) is -9.64. The number of aromatic amines is 1. The number of para-hydroxylation sites is 1. The van der Waals surface area contributed by atoms with E-state index in [9.17, 15) is 63.6 Å². The Morgan fingerprint density at radius 1 is 0.718 bits per heavy atom. The standard InChI is InChI=1S/C58H78N10O15S2/c1-7-15-46(72)61-41(26-34-16-9-8-10-17-34)50(74)65-44-30-84-85-31-45(54(78)68-48(33(3)70)56(80)81)66-55(79)47(32(2)69)67-49(73)40(20-13-14-25-59-57(82)83-58(4,5)6)62-52(76)43(28-36-29-60-39-19-12-11-18-38(36)39)64-51(75)42(63-53(44)77)27-35-21-23-37(71)24-22-35/h8-12,16-19,21-24,29,32-33,40-45,47-48,60,69-71H,7,13-15,20,25-28,30-31H2,1-6H3,(H,59,82)(H,61,72)(H,62,76)(H,63,77)(H,64,75)(H,65,74)(H,66,79)(H,67,73)(H,68,78)(H,80,81)/t32-,33-,40+,41-,42+,43-,44+,45+,47+,48+/m1/s1. The van der Waals surface area contributed by atoms with E-state index in [1.54, 1.807) is 88.5 Å². The van der Waals surface area contributed by atoms with E-state index in [1.165, 1.54) is 31.2 Å². The summed E-state index contributed by atoms with van der Waals surface area (Å²) in [7, 11) is 1.78. The van der Waals surface area contributed by atoms with Crippen LogP contribution in [0.25, 0.3) is 10.9 Å². The molecular weight excluding hydrogens is 1140 g/mol. The first-order valence-corrected chi connectivity index (χ1v) is 30.4. The second-order valence-corrected chi connectivity index (χ2v) is 24.1. The quantitative estimate of drug-likeness (QED) is 0.0415. The monoisotopic (exact) mass is 1220 g/mol. The number of aromatic hydroxyl groups is 1. The predicted molar refractivity (Wildman–Crippen MR) is 318 cm³/mol. The van der Waals surface area contributed by atoms with Crippen molar-refractivity contribution in [2.45, 2.75) is 159 Å². The molecule has 0 unspecified atom stereocenters. The Labute approximate surface area is 500 Å². The highest BCUT2D eigenvalue weighted by Crippen LogP contribution is 2.25. The fraction of sp³-hybridized carbons (Fsp3) is 0.483. The number of carbonyl (C=O) groups is 10. The zero-order chi connectivity index (χ0) is 62.4. The van der Waals surface area contributed by atoms with Gasteiger partial charge >= 0.3 is 12.1 Å². The highest BCUT2D eigenvalue weighted by Gasteiger charge is 2.37. The van der Waals surface area contributed by atoms with Crippen molar-refractivity contribution in [3.05, 3.63) is 102 Å². The Kier molecular flexibility index (Phi) is 26.3. The topological polar surface area (TPSA) is 385 Å². The number of fused-ring (bicyclic) bond motifs is 1. The molecule has 4 aromatic rings. The van der Waals surface area contributed by atoms with Gasteiger partial charge in [-0.05, 0) is 95.2 Å². The number of hydrogen-bond donors (Lipinski definition) is 14. The highest BCUT2D eigenvalue weighted by molar-refractivity contribution is 8.76. The number of hydrogen-bond acceptors (Lipinski definition) is 16. The molecule has 5 rings (SSSR count). The van der Waals surface area contributed by atoms with Gasteiger partial charge in [0, 0.05) is 60.8 Å². The van der Waals surface area contributed by atoms with Gasteiger partial charge in [-0.3, -0.25) is 38.4 Å². The number of carbonyl (C=O) groups excluding carboxylic acids is 9. The summed E-state index contributed by atoms with van der Waals surface area (Å²) >= 11 is 0. The van der Waals surface area contributed by atoms with Crippen LogP contribution in [-0.4, -0.2) is 169 Å². The molecule has 1 saturated heterocycles. The number of nitrogens with one attached hydrogen (secondary N) is 10. The molecule has 25 nitrogen and oxygen atoms in total. The summed E-state index contributed by atoms with van der Waals surface area (Å²) in [5.41, 5.74) is 1.57. The Balaban J connectivity index is 1.61. The normalized spacial score (nSPS) is 21.0. The van der Waals surface area contributed by atoms with E-state index >= 15 is 4.79 Å². The van der Waals surface area contributed by atoms with E-state index in [2.05, 4.69) is 52.8 Å². The van der Waals surface area contributed by atoms with Crippen LogP contribution in [0, 0.1) is 0 Å². The number of carboxylic acids is 1. The zero-order valence-corrected chi connectivity index (χ0v) is 49.9. The first-order valence-electron chi connectivity index (χ1n) is 27.9. The van der Waals surface area contributed by atoms with Crippen molar-refractivity contribution in [1.82, 2.24) is 52.8 Å². The number of phenols is 1. The lowest BCUT2D eigenvalue weighted by atomic mass is 10.0. The minimum Gasteiger partial charge on any atom is -0.508 e. The van der Waals surface area contributed by atoms with Gasteiger partial charge in [-0.2, -0.15) is 0 Å². The van der Waals surface area contributed by atoms with Gasteiger partial charge in [-0.25, -0.2) is 9.59 Å². The average Bonchev–Trinajstić information content (AvgIpc) is 3.67. The van der Waals surface area contributed by atoms with Crippen LogP contribution in [0.2, 0.25) is 0 Å². The van der Waals surface area contributed by atoms with E-state index < -0.39 is 131 Å². The van der Waals surface area contributed by atoms with Crippen LogP contribution in [0.5, 0.6) is 5.75 Å². The van der Waals surface area contributed by atoms with Gasteiger partial charge in [0.2, 0.25) is 47.3 Å². The number of aromatic nitrogens is 1. The van der Waals surface area contributed by atoms with Crippen molar-refractivity contribution in [3.63, 3.8) is 0 Å². The van der Waals surface area contributed by atoms with E-state index in [4.69, 9.17) is 4.74 Å². The summed E-state index contributed by atoms with van der Waals surface area (Å²) in [5, 5.41) is 65.6. The number of aliphatic hydroxyl groups is 2. The van der Waals surface area contributed by atoms with E-state index in [-0.39, 0.29) is 63.0 Å². The van der Waals surface area contributed by atoms with E-state index in [0.29, 0.717) is 34.0 Å². The summed E-state index contributed by atoms with van der Waals surface area (Å²) in [4.78, 5) is 143. The molecule has 3 aromatic carbocycles. The molecule has 1 aromatic heterocycles. The van der Waals surface area contributed by atoms with Gasteiger partial charge in [-0.1, -0.05) is 89.2 Å². The maximum Gasteiger partial charge on any atom is 0.407 e. The number of alkyl carbamates (subject to hydrolysis) is 1. The smallest absolute Gasteiger partial charge is 0.407 e. The molecule has 0 aliphatic carbocycles. The van der Waals surface area contributed by atoms with Crippen molar-refractivity contribution < 1.29 is 73.1 Å². The lowest BCUT2D eigenvalue weighted by Gasteiger charge is -2.29. The number of amides is 9. The first-order chi connectivity index (χ1) is 40.3. The molecule has 0 bridgehead atoms. The zero-order valence-electron chi connectivity index (χ0n) is 48.2. The second kappa shape index (κ2) is 33.0. The summed E-state index contributed by atoms with van der Waals surface area (Å²) in [6, 6.07) is 9.03. The average molecular weight is 1220 g/mol. The predicted octanol–water partition coefficient (Wildman–Crippen LogP) is 1.52. The maximum atomic E-state index is 15.0. The van der Waals surface area contributed by atoms with Crippen LogP contribution >= 0.6 is 21.6 Å². The van der Waals surface area contributed by atoms with E-state index in [0.717, 1.165) is 28.5 Å². The SMILES string of the molecule is CCCC(=O)N[C@H](Cc1ccccc1)C(=O)N[C@H]1CSSC[C@@H](C(=O)N[C@H](C(=O)O)[C@@H](C)O)NC(=O)[C@H]([C@@H](C)O)NC(=O)[C@H](CCCCNC(=O)OC(C)(C)C)NC(=O)[C@@H](Cc2c[nH]c3ccccc23)NC(=O)[C@H](Cc2ccc(O)cc2)NC1=O. The Hall–Kier alpha value is -7.88. The summed E-state index contributed by atoms with van der Waals surface area (Å²) < 4.78 is 5.32. The molecule has 85 heavy (non-hydrogen) atoms. The van der Waals surface area contributed by atoms with E-state index in [1.807, 2.05) is 0 Å². The second-order valence-electron chi connectivity index (χ2n) is 21.6. The molecule has 27 heteroatoms. The van der Waals surface area contributed by atoms with Gasteiger partial charge in [-0.15, -0.1) is 0 Å². The third-order valence-corrected chi connectivity index (χ3v) is 15.7. The fourth-order valence-corrected chi connectivity index (χ4v) is 11.2. The molecule has 0 saturated carbocycles. The van der Waals surface area contributed by atoms with Crippen molar-refractivity contribution in [2.75, 3.05) is 18.1 Å². The fourth-order valence-electron chi connectivity index (χ4n) is 8.86. The molecule has 1 fully saturated rings. The van der Waals surface area contributed by atoms with Crippen LogP contribution in [0.4, 0.5) is 4.79 Å². The molecule has 14 N–H and O–H groups in total. The molecule has 0 spiro atoms. The molecule has 9 amide bonds. The minimum absolute atomic E-state index is 0.00444. The third-order valence-electron chi connectivity index (χ3n) is 13.3. The van der Waals surface area contributed by atoms with Crippen LogP contribution in [0.15, 0.2) is 85.1 Å². The summed E-state index contributed by atoms with van der Waals surface area (Å²) in [6.07, 6.45) is -2.00. The van der Waals surface area contributed by atoms with Gasteiger partial charge in [0.15, 0.2) is 6.04 Å². The maximum absolute atomic E-state index is 15.0. The third kappa shape index (κ3) is 22.2. The van der Waals surface area contributed by atoms with Crippen molar-refractivity contribution >= 4 is 91.8 Å². The molecule has 10 atom stereocenters. The molecule has 1 aliphatic heterocycles. The Bertz CT molecular complexity index is 2940. The van der Waals surface area contributed by atoms with Crippen LogP contribution in [0.3, 0.4) is 0 Å². The number of H-pyrrole nitrogens is 1. The summed E-state index contributed by atoms with van der Waals surface area (Å²) in [6.45, 7) is 9.22. The Morgan fingerprint density at radius 2 is 1.34 bits per heavy atom. The minimum atomic E-state index is -1.87. The Morgan fingerprint density at radius 3 is 1.99 bits per heavy atom. The van der Waals surface area contributed by atoms with Gasteiger partial charge < -0.3 is 78.0 Å². The molecule has 462 valence electrons. The number of unbranched alkanes of at least 4 members (excludes halogenated alkanes) is 1. The van der Waals surface area contributed by atoms with Gasteiger partial charge in [0.05, 0.1) is 12.2 Å². The van der Waals surface area contributed by atoms with Gasteiger partial charge in [0.1, 0.15) is 53.6 Å². The molecular formula is C58H78N10O15S2. The molecule has 0 radical (unpaired) electrons. The molecule has 2 heterocycles. The number of rotatable bonds is 21. The van der Waals surface area contributed by atoms with Crippen molar-refractivity contribution in [3.8, 4) is 5.75 Å². The number of aliphatic hydroxyl groups excluding tert-OH is 2. The first kappa shape index (κ1) is 67.9. The lowest BCUT2D eigenvalue weighted by Crippen LogP contribution is -2.62. The number of phenolic OH excluding ortho intramolecular Hbond substituents is 1. The van der Waals surface area contributed by atoms with Gasteiger partial charge in [0.25, 0.3) is 0 Å². The van der Waals surface area contributed by atoms with Crippen LogP contribution in [-0.2, 0) is 67.2 Å². The molecule has 1 aliphatic rings. The lowest BCUT2D eigenvalue weighted by molar-refractivity contribution is -0.145. The van der Waals surface area contributed by atoms with Crippen LogP contribution in [0.1, 0.15) is 90.3 Å². The van der Waals surface area contributed by atoms with Crippen LogP contribution < -0.4 is 47.9 Å². The number of benzene rings is 3. The number of aliphatic carboxylic acids is 1. The highest BCUT2D eigenvalue weighted by atomic mass is 33.1. The number of ether oxygens (including phenoxy) is 1. The number of carboxylic acid groups (broad SMARTS) is 1.